The number of methoxy groups -OCH3 is 1. The van der Waals surface area contributed by atoms with E-state index in [1.54, 1.807) is 31.4 Å². The molecule has 2 rings (SSSR count). The zero-order chi connectivity index (χ0) is 16.7. The van der Waals surface area contributed by atoms with E-state index >= 15 is 0 Å². The summed E-state index contributed by atoms with van der Waals surface area (Å²) in [5.74, 6) is 0.201. The van der Waals surface area contributed by atoms with E-state index in [4.69, 9.17) is 10.00 Å². The minimum atomic E-state index is -0.489. The van der Waals surface area contributed by atoms with Gasteiger partial charge < -0.3 is 15.4 Å². The summed E-state index contributed by atoms with van der Waals surface area (Å²) in [6.45, 7) is 0. The van der Waals surface area contributed by atoms with Crippen LogP contribution in [0.2, 0.25) is 0 Å². The van der Waals surface area contributed by atoms with Gasteiger partial charge in [0.25, 0.3) is 5.91 Å². The molecule has 0 unspecified atom stereocenters. The van der Waals surface area contributed by atoms with Gasteiger partial charge in [0.05, 0.1) is 12.8 Å². The fraction of sp³-hybridized carbons (Fsp3) is 0.0588. The normalized spacial score (nSPS) is 10.6. The SMILES string of the molecule is COc1ccc(NC(=O)/C(C#N)=C\Nc2ccccc2Br)cc1. The molecule has 0 atom stereocenters. The number of carbonyl (C=O) groups excluding carboxylic acids is 1. The zero-order valence-corrected chi connectivity index (χ0v) is 13.9. The minimum absolute atomic E-state index is 0.0310. The van der Waals surface area contributed by atoms with Crippen LogP contribution in [0.5, 0.6) is 5.75 Å². The molecule has 5 nitrogen and oxygen atoms in total. The molecule has 0 aliphatic rings. The molecule has 0 spiro atoms. The summed E-state index contributed by atoms with van der Waals surface area (Å²) in [7, 11) is 1.57. The lowest BCUT2D eigenvalue weighted by Gasteiger charge is -2.07. The van der Waals surface area contributed by atoms with Crippen molar-refractivity contribution in [3.63, 3.8) is 0 Å². The molecular weight excluding hydrogens is 358 g/mol. The Hall–Kier alpha value is -2.78. The Bertz CT molecular complexity index is 764. The highest BCUT2D eigenvalue weighted by molar-refractivity contribution is 9.10. The van der Waals surface area contributed by atoms with Crippen molar-refractivity contribution < 1.29 is 9.53 Å². The number of hydrogen-bond donors (Lipinski definition) is 2. The van der Waals surface area contributed by atoms with Gasteiger partial charge in [-0.05, 0) is 52.3 Å². The van der Waals surface area contributed by atoms with Crippen LogP contribution in [-0.2, 0) is 4.79 Å². The van der Waals surface area contributed by atoms with Gasteiger partial charge in [-0.2, -0.15) is 5.26 Å². The number of nitrogens with one attached hydrogen (secondary N) is 2. The first-order valence-corrected chi connectivity index (χ1v) is 7.50. The van der Waals surface area contributed by atoms with Crippen molar-refractivity contribution in [1.29, 1.82) is 5.26 Å². The first-order valence-electron chi connectivity index (χ1n) is 6.71. The molecule has 0 radical (unpaired) electrons. The molecule has 2 N–H and O–H groups in total. The van der Waals surface area contributed by atoms with Gasteiger partial charge in [0.15, 0.2) is 0 Å². The summed E-state index contributed by atoms with van der Waals surface area (Å²) in [4.78, 5) is 12.1. The minimum Gasteiger partial charge on any atom is -0.497 e. The van der Waals surface area contributed by atoms with E-state index in [0.29, 0.717) is 11.4 Å². The molecule has 0 fully saturated rings. The average molecular weight is 372 g/mol. The van der Waals surface area contributed by atoms with Crippen molar-refractivity contribution in [2.24, 2.45) is 0 Å². The van der Waals surface area contributed by atoms with E-state index in [0.717, 1.165) is 10.2 Å². The molecule has 2 aromatic carbocycles. The smallest absolute Gasteiger partial charge is 0.267 e. The molecular formula is C17H14BrN3O2. The first kappa shape index (κ1) is 16.6. The Morgan fingerprint density at radius 1 is 1.22 bits per heavy atom. The number of ether oxygens (including phenoxy) is 1. The number of nitriles is 1. The quantitative estimate of drug-likeness (QED) is 0.616. The standard InChI is InChI=1S/C17H14BrN3O2/c1-23-14-8-6-13(7-9-14)21-17(22)12(10-19)11-20-16-5-3-2-4-15(16)18/h2-9,11,20H,1H3,(H,21,22)/b12-11-. The third-order valence-electron chi connectivity index (χ3n) is 2.96. The maximum absolute atomic E-state index is 12.1. The van der Waals surface area contributed by atoms with E-state index in [1.807, 2.05) is 30.3 Å². The predicted octanol–water partition coefficient (Wildman–Crippen LogP) is 3.92. The summed E-state index contributed by atoms with van der Waals surface area (Å²) in [6.07, 6.45) is 1.37. The van der Waals surface area contributed by atoms with Crippen LogP contribution in [0, 0.1) is 11.3 Å². The Labute approximate surface area is 142 Å². The predicted molar refractivity (Wildman–Crippen MR) is 93.1 cm³/mol. The van der Waals surface area contributed by atoms with Crippen molar-refractivity contribution in [2.45, 2.75) is 0 Å². The number of rotatable bonds is 5. The first-order chi connectivity index (χ1) is 11.1. The summed E-state index contributed by atoms with van der Waals surface area (Å²) in [5, 5.41) is 14.7. The van der Waals surface area contributed by atoms with Crippen LogP contribution < -0.4 is 15.4 Å². The summed E-state index contributed by atoms with van der Waals surface area (Å²) in [6, 6.07) is 16.2. The fourth-order valence-corrected chi connectivity index (χ4v) is 2.15. The maximum Gasteiger partial charge on any atom is 0.267 e. The van der Waals surface area contributed by atoms with Crippen LogP contribution in [0.15, 0.2) is 64.8 Å². The van der Waals surface area contributed by atoms with Crippen LogP contribution >= 0.6 is 15.9 Å². The lowest BCUT2D eigenvalue weighted by Crippen LogP contribution is -2.14. The molecule has 0 aliphatic carbocycles. The number of hydrogen-bond acceptors (Lipinski definition) is 4. The van der Waals surface area contributed by atoms with Crippen molar-refractivity contribution >= 4 is 33.2 Å². The van der Waals surface area contributed by atoms with Crippen molar-refractivity contribution in [2.75, 3.05) is 17.7 Å². The van der Waals surface area contributed by atoms with E-state index in [-0.39, 0.29) is 5.57 Å². The van der Waals surface area contributed by atoms with Crippen LogP contribution in [0.4, 0.5) is 11.4 Å². The van der Waals surface area contributed by atoms with Gasteiger partial charge in [-0.15, -0.1) is 0 Å². The monoisotopic (exact) mass is 371 g/mol. The third-order valence-corrected chi connectivity index (χ3v) is 3.65. The van der Waals surface area contributed by atoms with E-state index in [9.17, 15) is 4.79 Å². The van der Waals surface area contributed by atoms with Gasteiger partial charge in [0, 0.05) is 16.4 Å². The van der Waals surface area contributed by atoms with E-state index < -0.39 is 5.91 Å². The van der Waals surface area contributed by atoms with Crippen LogP contribution in [0.3, 0.4) is 0 Å². The Morgan fingerprint density at radius 3 is 2.52 bits per heavy atom. The lowest BCUT2D eigenvalue weighted by atomic mass is 10.2. The second-order valence-electron chi connectivity index (χ2n) is 4.48. The van der Waals surface area contributed by atoms with Gasteiger partial charge in [0.1, 0.15) is 17.4 Å². The molecule has 0 heterocycles. The largest absolute Gasteiger partial charge is 0.497 e. The molecule has 0 aromatic heterocycles. The summed E-state index contributed by atoms with van der Waals surface area (Å²) < 4.78 is 5.89. The fourth-order valence-electron chi connectivity index (χ4n) is 1.75. The topological polar surface area (TPSA) is 74.1 Å². The number of halogens is 1. The molecule has 1 amide bonds. The molecule has 0 bridgehead atoms. The number of nitrogens with zero attached hydrogens (tertiary/aromatic N) is 1. The van der Waals surface area contributed by atoms with Crippen LogP contribution in [-0.4, -0.2) is 13.0 Å². The molecule has 0 aliphatic heterocycles. The van der Waals surface area contributed by atoms with E-state index in [1.165, 1.54) is 6.20 Å². The summed E-state index contributed by atoms with van der Waals surface area (Å²) in [5.41, 5.74) is 1.31. The van der Waals surface area contributed by atoms with Gasteiger partial charge in [-0.3, -0.25) is 4.79 Å². The molecule has 2 aromatic rings. The Kier molecular flexibility index (Phi) is 5.78. The molecule has 23 heavy (non-hydrogen) atoms. The van der Waals surface area contributed by atoms with Gasteiger partial charge in [0.2, 0.25) is 0 Å². The van der Waals surface area contributed by atoms with Gasteiger partial charge >= 0.3 is 0 Å². The number of anilines is 2. The zero-order valence-electron chi connectivity index (χ0n) is 12.3. The van der Waals surface area contributed by atoms with Crippen molar-refractivity contribution in [3.8, 4) is 11.8 Å². The van der Waals surface area contributed by atoms with Crippen molar-refractivity contribution in [1.82, 2.24) is 0 Å². The van der Waals surface area contributed by atoms with Crippen molar-refractivity contribution in [3.05, 3.63) is 64.8 Å². The highest BCUT2D eigenvalue weighted by Gasteiger charge is 2.09. The third kappa shape index (κ3) is 4.59. The Morgan fingerprint density at radius 2 is 1.91 bits per heavy atom. The summed E-state index contributed by atoms with van der Waals surface area (Å²) >= 11 is 3.39. The second kappa shape index (κ2) is 8.01. The second-order valence-corrected chi connectivity index (χ2v) is 5.33. The molecule has 116 valence electrons. The molecule has 0 saturated carbocycles. The highest BCUT2D eigenvalue weighted by Crippen LogP contribution is 2.21. The maximum atomic E-state index is 12.1. The number of carbonyl (C=O) groups is 1. The van der Waals surface area contributed by atoms with Crippen LogP contribution in [0.1, 0.15) is 0 Å². The average Bonchev–Trinajstić information content (AvgIpc) is 2.57. The van der Waals surface area contributed by atoms with Gasteiger partial charge in [-0.25, -0.2) is 0 Å². The van der Waals surface area contributed by atoms with Crippen LogP contribution in [0.25, 0.3) is 0 Å². The van der Waals surface area contributed by atoms with Gasteiger partial charge in [-0.1, -0.05) is 12.1 Å². The highest BCUT2D eigenvalue weighted by atomic mass is 79.9. The molecule has 0 saturated heterocycles. The number of para-hydroxylation sites is 1. The number of benzene rings is 2. The Balaban J connectivity index is 2.07. The lowest BCUT2D eigenvalue weighted by molar-refractivity contribution is -0.112. The molecule has 6 heteroatoms. The van der Waals surface area contributed by atoms with E-state index in [2.05, 4.69) is 26.6 Å². The number of amides is 1.